The van der Waals surface area contributed by atoms with E-state index in [2.05, 4.69) is 5.32 Å². The molecule has 3 unspecified atom stereocenters. The molecule has 0 aliphatic carbocycles. The first-order chi connectivity index (χ1) is 13.7. The maximum Gasteiger partial charge on any atom is 0.344 e. The Morgan fingerprint density at radius 1 is 1.06 bits per heavy atom. The zero-order valence-electron chi connectivity index (χ0n) is 19.3. The summed E-state index contributed by atoms with van der Waals surface area (Å²) < 4.78 is 12.9. The molecular formula is C23H34I2N2O4. The van der Waals surface area contributed by atoms with Crippen molar-refractivity contribution in [3.63, 3.8) is 0 Å². The molecule has 0 saturated heterocycles. The van der Waals surface area contributed by atoms with Crippen molar-refractivity contribution in [2.75, 3.05) is 0 Å². The summed E-state index contributed by atoms with van der Waals surface area (Å²) in [6.07, 6.45) is 6.82. The number of hydrogen-bond acceptors (Lipinski definition) is 5. The smallest absolute Gasteiger partial charge is 0.344 e. The van der Waals surface area contributed by atoms with E-state index in [9.17, 15) is 9.59 Å². The highest BCUT2D eigenvalue weighted by Gasteiger charge is 2.31. The maximum atomic E-state index is 12.9. The van der Waals surface area contributed by atoms with Crippen molar-refractivity contribution in [2.24, 2.45) is 7.05 Å². The highest BCUT2D eigenvalue weighted by atomic mass is 127. The van der Waals surface area contributed by atoms with Crippen LogP contribution in [0.1, 0.15) is 76.2 Å². The Hall–Kier alpha value is -1.17. The van der Waals surface area contributed by atoms with E-state index in [1.54, 1.807) is 12.3 Å². The van der Waals surface area contributed by atoms with Crippen LogP contribution in [0.2, 0.25) is 0 Å². The molecule has 0 radical (unpaired) electrons. The number of nitrogens with zero attached hydrogens (tertiary/aromatic N) is 1. The lowest BCUT2D eigenvalue weighted by molar-refractivity contribution is -0.672. The Morgan fingerprint density at radius 2 is 1.61 bits per heavy atom. The monoisotopic (exact) mass is 656 g/mol. The van der Waals surface area contributed by atoms with Crippen molar-refractivity contribution in [1.82, 2.24) is 5.32 Å². The van der Waals surface area contributed by atoms with Crippen molar-refractivity contribution < 1.29 is 47.6 Å². The van der Waals surface area contributed by atoms with Gasteiger partial charge in [0.05, 0.1) is 17.8 Å². The first kappa shape index (κ1) is 29.8. The molecule has 2 rings (SSSR count). The first-order valence-corrected chi connectivity index (χ1v) is 10.2. The van der Waals surface area contributed by atoms with E-state index in [-0.39, 0.29) is 78.0 Å². The zero-order chi connectivity index (χ0) is 21.7. The number of esters is 2. The van der Waals surface area contributed by atoms with Crippen LogP contribution >= 0.6 is 24.0 Å². The average molecular weight is 656 g/mol. The molecule has 6 nitrogen and oxygen atoms in total. The van der Waals surface area contributed by atoms with E-state index in [4.69, 9.17) is 9.47 Å². The number of carbonyl (C=O) groups excluding carboxylic acids is 2. The first-order valence-electron chi connectivity index (χ1n) is 10.2. The van der Waals surface area contributed by atoms with Crippen molar-refractivity contribution in [3.05, 3.63) is 52.6 Å². The van der Waals surface area contributed by atoms with Gasteiger partial charge in [0.25, 0.3) is 0 Å². The van der Waals surface area contributed by atoms with Gasteiger partial charge in [0.2, 0.25) is 0 Å². The Bertz CT molecular complexity index is 852. The standard InChI is InChI=1S/C23H32N2O4.2HI/c1-8-15(4)28-22(26)19-11-18(12-25(7)13-19)20-10-14(3)24-17(6)21(20)23(27)29-16(5)9-2;;/h10-13,15-16,20H,8-9H2,1-7H3;2*1H. The van der Waals surface area contributed by atoms with Gasteiger partial charge in [0.1, 0.15) is 12.6 Å². The molecule has 31 heavy (non-hydrogen) atoms. The third-order valence-corrected chi connectivity index (χ3v) is 5.11. The second kappa shape index (κ2) is 13.4. The number of hydrogen-bond donors (Lipinski definition) is 1. The number of aryl methyl sites for hydroxylation is 1. The summed E-state index contributed by atoms with van der Waals surface area (Å²) in [4.78, 5) is 25.5. The molecule has 1 aliphatic rings. The summed E-state index contributed by atoms with van der Waals surface area (Å²) in [6.45, 7) is 11.5. The molecular weight excluding hydrogens is 622 g/mol. The van der Waals surface area contributed by atoms with Gasteiger partial charge in [-0.1, -0.05) is 19.9 Å². The minimum Gasteiger partial charge on any atom is -1.00 e. The fourth-order valence-electron chi connectivity index (χ4n) is 3.21. The quantitative estimate of drug-likeness (QED) is 0.273. The third kappa shape index (κ3) is 8.03. The number of nitrogens with one attached hydrogen (secondary N) is 1. The number of rotatable bonds is 7. The predicted molar refractivity (Wildman–Crippen MR) is 126 cm³/mol. The van der Waals surface area contributed by atoms with Gasteiger partial charge in [-0.2, -0.15) is 0 Å². The fourth-order valence-corrected chi connectivity index (χ4v) is 3.21. The Labute approximate surface area is 219 Å². The number of pyridine rings is 1. The van der Waals surface area contributed by atoms with Crippen molar-refractivity contribution in [2.45, 2.75) is 72.5 Å². The maximum absolute atomic E-state index is 12.9. The summed E-state index contributed by atoms with van der Waals surface area (Å²) in [5, 5.41) is 3.23. The fraction of sp³-hybridized carbons (Fsp3) is 0.522. The highest BCUT2D eigenvalue weighted by Crippen LogP contribution is 2.33. The predicted octanol–water partition coefficient (Wildman–Crippen LogP) is 1.29. The zero-order valence-corrected chi connectivity index (χ0v) is 23.8. The molecule has 3 atom stereocenters. The van der Waals surface area contributed by atoms with Crippen molar-refractivity contribution in [1.29, 1.82) is 0 Å². The molecule has 0 fully saturated rings. The van der Waals surface area contributed by atoms with Crippen LogP contribution in [-0.4, -0.2) is 24.1 Å². The van der Waals surface area contributed by atoms with E-state index in [0.717, 1.165) is 29.8 Å². The summed E-state index contributed by atoms with van der Waals surface area (Å²) in [5.74, 6) is -1.01. The van der Waals surface area contributed by atoms with Gasteiger partial charge in [-0.25, -0.2) is 14.2 Å². The summed E-state index contributed by atoms with van der Waals surface area (Å²) >= 11 is 0. The van der Waals surface area contributed by atoms with Crippen LogP contribution in [0.4, 0.5) is 0 Å². The number of allylic oxidation sites excluding steroid dienone is 3. The summed E-state index contributed by atoms with van der Waals surface area (Å²) in [7, 11) is 1.86. The molecule has 0 aromatic carbocycles. The normalized spacial score (nSPS) is 17.3. The van der Waals surface area contributed by atoms with E-state index in [1.807, 2.05) is 65.4 Å². The van der Waals surface area contributed by atoms with Gasteiger partial charge in [-0.15, -0.1) is 24.0 Å². The molecule has 0 spiro atoms. The van der Waals surface area contributed by atoms with E-state index in [0.29, 0.717) is 11.1 Å². The molecule has 1 aromatic rings. The van der Waals surface area contributed by atoms with Gasteiger partial charge < -0.3 is 38.8 Å². The number of ether oxygens (including phenoxy) is 2. The van der Waals surface area contributed by atoms with E-state index >= 15 is 0 Å². The molecule has 1 aliphatic heterocycles. The Balaban J connectivity index is 0.00000450. The molecule has 0 amide bonds. The lowest BCUT2D eigenvalue weighted by atomic mass is 9.87. The number of carbonyl (C=O) groups is 2. The van der Waals surface area contributed by atoms with Gasteiger partial charge in [0.15, 0.2) is 12.4 Å². The Morgan fingerprint density at radius 3 is 2.16 bits per heavy atom. The largest absolute Gasteiger partial charge is 1.00 e. The lowest BCUT2D eigenvalue weighted by Crippen LogP contribution is -3.00. The number of halogens is 2. The van der Waals surface area contributed by atoms with Gasteiger partial charge in [-0.3, -0.25) is 0 Å². The lowest BCUT2D eigenvalue weighted by Gasteiger charge is -2.26. The molecule has 174 valence electrons. The van der Waals surface area contributed by atoms with E-state index in [1.165, 1.54) is 0 Å². The van der Waals surface area contributed by atoms with Crippen molar-refractivity contribution >= 4 is 35.9 Å². The third-order valence-electron chi connectivity index (χ3n) is 5.11. The van der Waals surface area contributed by atoms with Crippen LogP contribution < -0.4 is 33.9 Å². The minimum atomic E-state index is -0.365. The number of aromatic nitrogens is 1. The van der Waals surface area contributed by atoms with Crippen LogP contribution in [0.5, 0.6) is 0 Å². The van der Waals surface area contributed by atoms with E-state index < -0.39 is 0 Å². The average Bonchev–Trinajstić information content (AvgIpc) is 2.66. The van der Waals surface area contributed by atoms with Crippen LogP contribution in [0.3, 0.4) is 0 Å². The van der Waals surface area contributed by atoms with Crippen LogP contribution in [-0.2, 0) is 21.3 Å². The minimum absolute atomic E-state index is 0. The molecule has 8 heteroatoms. The van der Waals surface area contributed by atoms with Crippen LogP contribution in [0.25, 0.3) is 0 Å². The number of dihydropyridines is 1. The molecule has 1 N–H and O–H groups in total. The summed E-state index contributed by atoms with van der Waals surface area (Å²) in [6, 6.07) is 1.80. The molecule has 0 bridgehead atoms. The van der Waals surface area contributed by atoms with Gasteiger partial charge >= 0.3 is 11.9 Å². The second-order valence-electron chi connectivity index (χ2n) is 7.76. The molecule has 0 saturated carbocycles. The summed E-state index contributed by atoms with van der Waals surface area (Å²) in [5.41, 5.74) is 3.56. The second-order valence-corrected chi connectivity index (χ2v) is 7.76. The molecule has 1 aromatic heterocycles. The highest BCUT2D eigenvalue weighted by molar-refractivity contribution is 14.0. The van der Waals surface area contributed by atoms with Gasteiger partial charge in [0, 0.05) is 22.9 Å². The topological polar surface area (TPSA) is 68.5 Å². The Kier molecular flexibility index (Phi) is 12.9. The molecule has 2 heterocycles. The van der Waals surface area contributed by atoms with Crippen molar-refractivity contribution in [3.8, 4) is 0 Å². The van der Waals surface area contributed by atoms with Crippen LogP contribution in [0, 0.1) is 0 Å². The van der Waals surface area contributed by atoms with Gasteiger partial charge in [-0.05, 0) is 46.6 Å². The van der Waals surface area contributed by atoms with Crippen LogP contribution in [0.15, 0.2) is 41.5 Å². The SMILES string of the molecule is CCC(C)OC(=O)C1=C(C)NC(C)=CC1c1cc(C(=O)OC(C)CC)c[n+](C)c1.I.[I-].